The number of aromatic nitrogens is 1. The molecule has 0 aliphatic heterocycles. The van der Waals surface area contributed by atoms with E-state index < -0.39 is 5.54 Å². The summed E-state index contributed by atoms with van der Waals surface area (Å²) in [7, 11) is 0. The van der Waals surface area contributed by atoms with Crippen molar-refractivity contribution in [3.8, 4) is 0 Å². The van der Waals surface area contributed by atoms with E-state index in [9.17, 15) is 4.79 Å². The van der Waals surface area contributed by atoms with E-state index in [1.54, 1.807) is 24.0 Å². The highest BCUT2D eigenvalue weighted by molar-refractivity contribution is 7.99. The molecule has 100 valence electrons. The zero-order chi connectivity index (χ0) is 13.6. The highest BCUT2D eigenvalue weighted by Gasteiger charge is 2.29. The minimum absolute atomic E-state index is 0.325. The Kier molecular flexibility index (Phi) is 5.91. The number of halogens is 1. The van der Waals surface area contributed by atoms with Crippen LogP contribution in [0.15, 0.2) is 23.4 Å². The van der Waals surface area contributed by atoms with Crippen LogP contribution in [-0.2, 0) is 4.79 Å². The topological polar surface area (TPSA) is 68.0 Å². The van der Waals surface area contributed by atoms with E-state index in [2.05, 4.69) is 10.3 Å². The SMILES string of the molecule is CCNC(C)(CCSc1ccc(Cl)cn1)C(N)=O. The monoisotopic (exact) mass is 287 g/mol. The molecule has 0 aromatic carbocycles. The molecule has 1 amide bonds. The lowest BCUT2D eigenvalue weighted by molar-refractivity contribution is -0.123. The maximum absolute atomic E-state index is 11.4. The summed E-state index contributed by atoms with van der Waals surface area (Å²) in [4.78, 5) is 15.6. The maximum Gasteiger partial charge on any atom is 0.237 e. The average molecular weight is 288 g/mol. The van der Waals surface area contributed by atoms with Gasteiger partial charge in [-0.05, 0) is 32.0 Å². The van der Waals surface area contributed by atoms with E-state index in [4.69, 9.17) is 17.3 Å². The van der Waals surface area contributed by atoms with Crippen molar-refractivity contribution in [2.24, 2.45) is 5.73 Å². The van der Waals surface area contributed by atoms with Crippen molar-refractivity contribution in [1.82, 2.24) is 10.3 Å². The number of nitrogens with one attached hydrogen (secondary N) is 1. The second-order valence-electron chi connectivity index (χ2n) is 4.14. The number of carbonyl (C=O) groups excluding carboxylic acids is 1. The number of nitrogens with zero attached hydrogens (tertiary/aromatic N) is 1. The summed E-state index contributed by atoms with van der Waals surface area (Å²) in [6.07, 6.45) is 2.27. The first-order valence-electron chi connectivity index (χ1n) is 5.77. The molecule has 1 heterocycles. The lowest BCUT2D eigenvalue weighted by Crippen LogP contribution is -2.53. The summed E-state index contributed by atoms with van der Waals surface area (Å²) in [6, 6.07) is 3.66. The standard InChI is InChI=1S/C12H18ClN3OS/c1-3-16-12(2,11(14)17)6-7-18-10-5-4-9(13)8-15-10/h4-5,8,16H,3,6-7H2,1-2H3,(H2,14,17). The molecule has 1 aromatic rings. The molecule has 0 spiro atoms. The van der Waals surface area contributed by atoms with E-state index in [-0.39, 0.29) is 5.91 Å². The molecule has 1 unspecified atom stereocenters. The number of thioether (sulfide) groups is 1. The van der Waals surface area contributed by atoms with Crippen LogP contribution in [0.25, 0.3) is 0 Å². The van der Waals surface area contributed by atoms with Gasteiger partial charge in [-0.1, -0.05) is 18.5 Å². The van der Waals surface area contributed by atoms with Crippen LogP contribution in [0.2, 0.25) is 5.02 Å². The zero-order valence-electron chi connectivity index (χ0n) is 10.6. The van der Waals surface area contributed by atoms with Gasteiger partial charge in [0.25, 0.3) is 0 Å². The fourth-order valence-corrected chi connectivity index (χ4v) is 2.62. The van der Waals surface area contributed by atoms with Gasteiger partial charge < -0.3 is 11.1 Å². The first-order valence-corrected chi connectivity index (χ1v) is 7.13. The first kappa shape index (κ1) is 15.3. The highest BCUT2D eigenvalue weighted by atomic mass is 35.5. The third-order valence-corrected chi connectivity index (χ3v) is 3.83. The number of primary amides is 1. The molecule has 0 aliphatic carbocycles. The van der Waals surface area contributed by atoms with Crippen LogP contribution in [0.3, 0.4) is 0 Å². The Morgan fingerprint density at radius 3 is 2.83 bits per heavy atom. The minimum atomic E-state index is -0.659. The van der Waals surface area contributed by atoms with Gasteiger partial charge in [0.2, 0.25) is 5.91 Å². The smallest absolute Gasteiger partial charge is 0.237 e. The molecule has 0 saturated carbocycles. The van der Waals surface area contributed by atoms with Crippen LogP contribution >= 0.6 is 23.4 Å². The molecule has 0 aliphatic rings. The van der Waals surface area contributed by atoms with E-state index >= 15 is 0 Å². The van der Waals surface area contributed by atoms with Crippen molar-refractivity contribution in [2.45, 2.75) is 30.8 Å². The first-order chi connectivity index (χ1) is 8.48. The predicted octanol–water partition coefficient (Wildman–Crippen LogP) is 2.07. The summed E-state index contributed by atoms with van der Waals surface area (Å²) in [5.41, 5.74) is 4.75. The van der Waals surface area contributed by atoms with Gasteiger partial charge in [0, 0.05) is 11.9 Å². The number of carbonyl (C=O) groups is 1. The van der Waals surface area contributed by atoms with Crippen molar-refractivity contribution < 1.29 is 4.79 Å². The van der Waals surface area contributed by atoms with E-state index in [1.807, 2.05) is 19.9 Å². The number of rotatable bonds is 7. The van der Waals surface area contributed by atoms with Gasteiger partial charge in [-0.3, -0.25) is 4.79 Å². The fraction of sp³-hybridized carbons (Fsp3) is 0.500. The number of hydrogen-bond acceptors (Lipinski definition) is 4. The van der Waals surface area contributed by atoms with Crippen molar-refractivity contribution in [3.63, 3.8) is 0 Å². The highest BCUT2D eigenvalue weighted by Crippen LogP contribution is 2.21. The Bertz CT molecular complexity index is 399. The van der Waals surface area contributed by atoms with Crippen LogP contribution in [0.1, 0.15) is 20.3 Å². The van der Waals surface area contributed by atoms with E-state index in [0.29, 0.717) is 18.0 Å². The van der Waals surface area contributed by atoms with Gasteiger partial charge in [0.05, 0.1) is 15.6 Å². The second kappa shape index (κ2) is 6.97. The predicted molar refractivity (Wildman–Crippen MR) is 75.9 cm³/mol. The van der Waals surface area contributed by atoms with E-state index in [1.165, 1.54) is 0 Å². The molecular formula is C12H18ClN3OS. The summed E-state index contributed by atoms with van der Waals surface area (Å²) in [5, 5.41) is 4.64. The van der Waals surface area contributed by atoms with Crippen molar-refractivity contribution in [1.29, 1.82) is 0 Å². The number of pyridine rings is 1. The fourth-order valence-electron chi connectivity index (χ4n) is 1.50. The molecule has 0 radical (unpaired) electrons. The van der Waals surface area contributed by atoms with Crippen LogP contribution in [-0.4, -0.2) is 28.7 Å². The third kappa shape index (κ3) is 4.48. The number of amides is 1. The molecule has 1 atom stereocenters. The van der Waals surface area contributed by atoms with Gasteiger partial charge >= 0.3 is 0 Å². The lowest BCUT2D eigenvalue weighted by Gasteiger charge is -2.26. The van der Waals surface area contributed by atoms with Gasteiger partial charge in [-0.25, -0.2) is 4.98 Å². The van der Waals surface area contributed by atoms with Crippen molar-refractivity contribution in [2.75, 3.05) is 12.3 Å². The molecule has 6 heteroatoms. The maximum atomic E-state index is 11.4. The summed E-state index contributed by atoms with van der Waals surface area (Å²) >= 11 is 7.34. The van der Waals surface area contributed by atoms with Gasteiger partial charge in [-0.2, -0.15) is 0 Å². The third-order valence-electron chi connectivity index (χ3n) is 2.66. The molecular weight excluding hydrogens is 270 g/mol. The summed E-state index contributed by atoms with van der Waals surface area (Å²) in [5.74, 6) is 0.440. The Morgan fingerprint density at radius 1 is 1.61 bits per heavy atom. The number of hydrogen-bond donors (Lipinski definition) is 2. The quantitative estimate of drug-likeness (QED) is 0.754. The molecule has 0 saturated heterocycles. The van der Waals surface area contributed by atoms with E-state index in [0.717, 1.165) is 10.8 Å². The molecule has 4 nitrogen and oxygen atoms in total. The Labute approximate surface area is 117 Å². The minimum Gasteiger partial charge on any atom is -0.368 e. The number of nitrogens with two attached hydrogens (primary N) is 1. The average Bonchev–Trinajstić information content (AvgIpc) is 2.32. The molecule has 0 fully saturated rings. The summed E-state index contributed by atoms with van der Waals surface area (Å²) in [6.45, 7) is 4.49. The molecule has 18 heavy (non-hydrogen) atoms. The molecule has 1 rings (SSSR count). The normalized spacial score (nSPS) is 14.2. The molecule has 3 N–H and O–H groups in total. The van der Waals surface area contributed by atoms with Crippen LogP contribution < -0.4 is 11.1 Å². The lowest BCUT2D eigenvalue weighted by atomic mass is 9.98. The van der Waals surface area contributed by atoms with Crippen molar-refractivity contribution in [3.05, 3.63) is 23.4 Å². The molecule has 1 aromatic heterocycles. The Morgan fingerprint density at radius 2 is 2.33 bits per heavy atom. The van der Waals surface area contributed by atoms with Crippen LogP contribution in [0.4, 0.5) is 0 Å². The van der Waals surface area contributed by atoms with Crippen LogP contribution in [0, 0.1) is 0 Å². The Hall–Kier alpha value is -0.780. The van der Waals surface area contributed by atoms with Gasteiger partial charge in [0.1, 0.15) is 0 Å². The van der Waals surface area contributed by atoms with Crippen LogP contribution in [0.5, 0.6) is 0 Å². The van der Waals surface area contributed by atoms with Gasteiger partial charge in [0.15, 0.2) is 0 Å². The zero-order valence-corrected chi connectivity index (χ0v) is 12.1. The number of likely N-dealkylation sites (N-methyl/N-ethyl adjacent to an activating group) is 1. The van der Waals surface area contributed by atoms with Gasteiger partial charge in [-0.15, -0.1) is 11.8 Å². The molecule has 0 bridgehead atoms. The summed E-state index contributed by atoms with van der Waals surface area (Å²) < 4.78 is 0. The largest absolute Gasteiger partial charge is 0.368 e. The van der Waals surface area contributed by atoms with Crippen molar-refractivity contribution >= 4 is 29.3 Å². The Balaban J connectivity index is 2.48. The second-order valence-corrected chi connectivity index (χ2v) is 5.69.